The Kier molecular flexibility index (Phi) is 7.31. The normalized spacial score (nSPS) is 12.1. The molecule has 0 unspecified atom stereocenters. The molecule has 1 rings (SSSR count). The molecule has 0 amide bonds. The molecule has 0 bridgehead atoms. The second-order valence-corrected chi connectivity index (χ2v) is 5.76. The predicted octanol–water partition coefficient (Wildman–Crippen LogP) is 1.58. The molecule has 21 heavy (non-hydrogen) atoms. The fourth-order valence-electron chi connectivity index (χ4n) is 1.41. The van der Waals surface area contributed by atoms with Crippen LogP contribution in [0.4, 0.5) is 5.82 Å². The number of nitrogens with two attached hydrogens (primary N) is 1. The molecule has 1 heterocycles. The van der Waals surface area contributed by atoms with E-state index >= 15 is 0 Å². The predicted molar refractivity (Wildman–Crippen MR) is 78.9 cm³/mol. The van der Waals surface area contributed by atoms with Crippen molar-refractivity contribution in [2.24, 2.45) is 0 Å². The lowest BCUT2D eigenvalue weighted by Gasteiger charge is -2.12. The van der Waals surface area contributed by atoms with Crippen LogP contribution in [-0.4, -0.2) is 29.4 Å². The smallest absolute Gasteiger partial charge is 0.353 e. The Morgan fingerprint density at radius 3 is 2.62 bits per heavy atom. The van der Waals surface area contributed by atoms with Crippen LogP contribution in [0.5, 0.6) is 0 Å². The lowest BCUT2D eigenvalue weighted by Crippen LogP contribution is -2.24. The van der Waals surface area contributed by atoms with Gasteiger partial charge in [-0.25, -0.2) is 4.79 Å². The van der Waals surface area contributed by atoms with Crippen LogP contribution in [0.1, 0.15) is 13.8 Å². The molecule has 1 aromatic heterocycles. The molecule has 0 radical (unpaired) electrons. The summed E-state index contributed by atoms with van der Waals surface area (Å²) in [4.78, 5) is 15.0. The third-order valence-electron chi connectivity index (χ3n) is 2.25. The van der Waals surface area contributed by atoms with Crippen molar-refractivity contribution in [1.29, 1.82) is 0 Å². The van der Waals surface area contributed by atoms with Gasteiger partial charge in [0, 0.05) is 12.0 Å². The zero-order valence-corrected chi connectivity index (χ0v) is 13.0. The van der Waals surface area contributed by atoms with E-state index in [1.54, 1.807) is 13.8 Å². The minimum atomic E-state index is -3.21. The number of hydrogen-bond donors (Lipinski definition) is 1. The molecule has 0 aliphatic rings. The highest BCUT2D eigenvalue weighted by Gasteiger charge is 2.18. The maximum atomic E-state index is 12.1. The molecule has 0 saturated heterocycles. The second-order valence-electron chi connectivity index (χ2n) is 3.86. The first-order chi connectivity index (χ1) is 10.0. The van der Waals surface area contributed by atoms with Crippen LogP contribution in [0.15, 0.2) is 29.0 Å². The maximum Gasteiger partial charge on any atom is 0.353 e. The van der Waals surface area contributed by atoms with Crippen molar-refractivity contribution in [3.8, 4) is 0 Å². The van der Waals surface area contributed by atoms with Crippen LogP contribution >= 0.6 is 7.60 Å². The molecule has 0 aliphatic carbocycles. The summed E-state index contributed by atoms with van der Waals surface area (Å²) in [6.45, 7) is 4.21. The van der Waals surface area contributed by atoms with E-state index in [1.807, 2.05) is 0 Å². The lowest BCUT2D eigenvalue weighted by atomic mass is 10.6. The van der Waals surface area contributed by atoms with Crippen LogP contribution in [0.2, 0.25) is 0 Å². The highest BCUT2D eigenvalue weighted by atomic mass is 31.2. The van der Waals surface area contributed by atoms with Crippen LogP contribution < -0.4 is 11.4 Å². The number of aromatic nitrogens is 2. The minimum Gasteiger partial charge on any atom is -0.383 e. The molecule has 1 aromatic rings. The van der Waals surface area contributed by atoms with Gasteiger partial charge in [0.2, 0.25) is 0 Å². The molecule has 0 saturated carbocycles. The molecule has 2 N–H and O–H groups in total. The summed E-state index contributed by atoms with van der Waals surface area (Å²) in [6, 6.07) is 1.50. The molecule has 8 nitrogen and oxygen atoms in total. The van der Waals surface area contributed by atoms with E-state index in [1.165, 1.54) is 28.7 Å². The average molecular weight is 317 g/mol. The SMILES string of the molecule is CCOP(=O)(/C=C/COCn1ccc(N)nc1=O)OCC. The molecule has 0 aromatic carbocycles. The number of anilines is 1. The summed E-state index contributed by atoms with van der Waals surface area (Å²) >= 11 is 0. The van der Waals surface area contributed by atoms with Gasteiger partial charge < -0.3 is 19.5 Å². The molecule has 0 spiro atoms. The van der Waals surface area contributed by atoms with E-state index in [-0.39, 0.29) is 32.4 Å². The largest absolute Gasteiger partial charge is 0.383 e. The summed E-state index contributed by atoms with van der Waals surface area (Å²) in [7, 11) is -3.21. The van der Waals surface area contributed by atoms with Crippen LogP contribution in [0.25, 0.3) is 0 Å². The van der Waals surface area contributed by atoms with E-state index in [4.69, 9.17) is 19.5 Å². The van der Waals surface area contributed by atoms with Gasteiger partial charge in [-0.05, 0) is 19.9 Å². The third kappa shape index (κ3) is 6.22. The highest BCUT2D eigenvalue weighted by molar-refractivity contribution is 7.57. The zero-order chi connectivity index (χ0) is 15.7. The topological polar surface area (TPSA) is 106 Å². The van der Waals surface area contributed by atoms with Crippen molar-refractivity contribution in [3.05, 3.63) is 34.6 Å². The fraction of sp³-hybridized carbons (Fsp3) is 0.500. The van der Waals surface area contributed by atoms with Crippen molar-refractivity contribution in [3.63, 3.8) is 0 Å². The van der Waals surface area contributed by atoms with Gasteiger partial charge in [0.05, 0.1) is 19.8 Å². The first kappa shape index (κ1) is 17.6. The number of hydrogen-bond acceptors (Lipinski definition) is 7. The van der Waals surface area contributed by atoms with E-state index in [9.17, 15) is 9.36 Å². The lowest BCUT2D eigenvalue weighted by molar-refractivity contribution is 0.0965. The van der Waals surface area contributed by atoms with E-state index in [0.717, 1.165) is 0 Å². The number of ether oxygens (including phenoxy) is 1. The van der Waals surface area contributed by atoms with Crippen LogP contribution in [0, 0.1) is 0 Å². The Morgan fingerprint density at radius 2 is 2.05 bits per heavy atom. The van der Waals surface area contributed by atoms with Gasteiger partial charge in [0.1, 0.15) is 12.5 Å². The number of nitrogen functional groups attached to an aromatic ring is 1. The van der Waals surface area contributed by atoms with E-state index in [2.05, 4.69) is 4.98 Å². The summed E-state index contributed by atoms with van der Waals surface area (Å²) < 4.78 is 28.7. The number of rotatable bonds is 9. The third-order valence-corrected chi connectivity index (χ3v) is 4.06. The molecule has 0 atom stereocenters. The average Bonchev–Trinajstić information content (AvgIpc) is 2.41. The van der Waals surface area contributed by atoms with Crippen molar-refractivity contribution in [2.45, 2.75) is 20.6 Å². The Morgan fingerprint density at radius 1 is 1.38 bits per heavy atom. The molecule has 9 heteroatoms. The molecule has 0 fully saturated rings. The molecule has 0 aliphatic heterocycles. The van der Waals surface area contributed by atoms with Gasteiger partial charge >= 0.3 is 13.3 Å². The van der Waals surface area contributed by atoms with Gasteiger partial charge in [-0.2, -0.15) is 4.98 Å². The zero-order valence-electron chi connectivity index (χ0n) is 12.1. The van der Waals surface area contributed by atoms with Crippen molar-refractivity contribution >= 4 is 13.4 Å². The summed E-state index contributed by atoms with van der Waals surface area (Å²) in [5, 5.41) is 0. The van der Waals surface area contributed by atoms with Gasteiger partial charge in [-0.1, -0.05) is 6.08 Å². The monoisotopic (exact) mass is 317 g/mol. The van der Waals surface area contributed by atoms with Gasteiger partial charge in [0.25, 0.3) is 0 Å². The first-order valence-corrected chi connectivity index (χ1v) is 8.09. The Hall–Kier alpha value is -1.47. The highest BCUT2D eigenvalue weighted by Crippen LogP contribution is 2.49. The molecular weight excluding hydrogens is 297 g/mol. The Bertz CT molecular complexity index is 562. The van der Waals surface area contributed by atoms with Crippen molar-refractivity contribution in [1.82, 2.24) is 9.55 Å². The van der Waals surface area contributed by atoms with Crippen LogP contribution in [-0.2, 0) is 25.1 Å². The minimum absolute atomic E-state index is 0.0179. The van der Waals surface area contributed by atoms with Gasteiger partial charge in [0.15, 0.2) is 0 Å². The Balaban J connectivity index is 2.47. The quantitative estimate of drug-likeness (QED) is 0.544. The first-order valence-electron chi connectivity index (χ1n) is 6.48. The second kappa shape index (κ2) is 8.74. The number of nitrogens with zero attached hydrogens (tertiary/aromatic N) is 2. The standard InChI is InChI=1S/C12H20N3O5P/c1-3-19-21(17,20-4-2)9-5-8-18-10-15-7-6-11(13)14-12(15)16/h5-7,9H,3-4,8,10H2,1-2H3,(H2,13,14,16)/b9-5+. The van der Waals surface area contributed by atoms with Crippen LogP contribution in [0.3, 0.4) is 0 Å². The summed E-state index contributed by atoms with van der Waals surface area (Å²) in [5.41, 5.74) is 4.88. The van der Waals surface area contributed by atoms with Gasteiger partial charge in [-0.15, -0.1) is 0 Å². The fourth-order valence-corrected chi connectivity index (χ4v) is 2.73. The summed E-state index contributed by atoms with van der Waals surface area (Å²) in [5.74, 6) is 1.51. The van der Waals surface area contributed by atoms with E-state index < -0.39 is 13.3 Å². The maximum absolute atomic E-state index is 12.1. The van der Waals surface area contributed by atoms with Crippen molar-refractivity contribution in [2.75, 3.05) is 25.6 Å². The van der Waals surface area contributed by atoms with E-state index in [0.29, 0.717) is 0 Å². The molecule has 118 valence electrons. The molecular formula is C12H20N3O5P. The summed E-state index contributed by atoms with van der Waals surface area (Å²) in [6.07, 6.45) is 3.02. The van der Waals surface area contributed by atoms with Gasteiger partial charge in [-0.3, -0.25) is 9.13 Å². The van der Waals surface area contributed by atoms with Crippen molar-refractivity contribution < 1.29 is 18.3 Å². The Labute approximate surface area is 123 Å².